The number of carbonyl (C=O) groups excluding carboxylic acids is 2. The summed E-state index contributed by atoms with van der Waals surface area (Å²) in [7, 11) is 3.18. The molecule has 2 atom stereocenters. The molecule has 2 aromatic rings. The average molecular weight is 501 g/mol. The molecule has 36 heavy (non-hydrogen) atoms. The molecule has 0 aliphatic rings. The van der Waals surface area contributed by atoms with Crippen LogP contribution in [0.5, 0.6) is 0 Å². The van der Waals surface area contributed by atoms with Gasteiger partial charge in [-0.1, -0.05) is 60.7 Å². The van der Waals surface area contributed by atoms with Crippen molar-refractivity contribution in [3.63, 3.8) is 0 Å². The van der Waals surface area contributed by atoms with Crippen LogP contribution in [0.2, 0.25) is 0 Å². The van der Waals surface area contributed by atoms with Crippen LogP contribution in [0.15, 0.2) is 60.7 Å². The first-order valence-corrected chi connectivity index (χ1v) is 11.9. The van der Waals surface area contributed by atoms with Crippen molar-refractivity contribution in [2.24, 2.45) is 5.73 Å². The van der Waals surface area contributed by atoms with Gasteiger partial charge in [0.2, 0.25) is 5.91 Å². The third kappa shape index (κ3) is 9.50. The van der Waals surface area contributed by atoms with E-state index in [1.807, 2.05) is 60.7 Å². The largest absolute Gasteiger partial charge is 0.462 e. The molecule has 0 aromatic heterocycles. The van der Waals surface area contributed by atoms with Crippen LogP contribution in [-0.4, -0.2) is 83.8 Å². The lowest BCUT2D eigenvalue weighted by Crippen LogP contribution is -2.66. The predicted molar refractivity (Wildman–Crippen MR) is 137 cm³/mol. The van der Waals surface area contributed by atoms with Crippen molar-refractivity contribution in [2.75, 3.05) is 33.9 Å². The maximum absolute atomic E-state index is 12.9. The van der Waals surface area contributed by atoms with E-state index in [0.29, 0.717) is 13.0 Å². The molecule has 0 saturated heterocycles. The summed E-state index contributed by atoms with van der Waals surface area (Å²) >= 11 is 0. The molecule has 9 nitrogen and oxygen atoms in total. The Balaban J connectivity index is 2.25. The summed E-state index contributed by atoms with van der Waals surface area (Å²) in [5, 5.41) is 11.3. The van der Waals surface area contributed by atoms with Gasteiger partial charge in [-0.2, -0.15) is 4.58 Å². The van der Waals surface area contributed by atoms with Crippen molar-refractivity contribution in [1.29, 1.82) is 0 Å². The highest BCUT2D eigenvalue weighted by atomic mass is 16.5. The zero-order valence-corrected chi connectivity index (χ0v) is 21.7. The Bertz CT molecular complexity index is 1010. The van der Waals surface area contributed by atoms with Crippen LogP contribution in [0.4, 0.5) is 0 Å². The first-order chi connectivity index (χ1) is 17.0. The lowest BCUT2D eigenvalue weighted by Gasteiger charge is -2.26. The number of nitrogens with zero attached hydrogens (tertiary/aromatic N) is 2. The smallest absolute Gasteiger partial charge is 0.377 e. The number of rotatable bonds is 14. The van der Waals surface area contributed by atoms with E-state index in [-0.39, 0.29) is 37.5 Å². The second kappa shape index (κ2) is 13.8. The highest BCUT2D eigenvalue weighted by Gasteiger charge is 2.37. The fourth-order valence-corrected chi connectivity index (χ4v) is 3.60. The van der Waals surface area contributed by atoms with E-state index >= 15 is 0 Å². The van der Waals surface area contributed by atoms with E-state index in [4.69, 9.17) is 15.2 Å². The van der Waals surface area contributed by atoms with E-state index in [0.717, 1.165) is 11.1 Å². The second-order valence-corrected chi connectivity index (χ2v) is 9.64. The Morgan fingerprint density at radius 1 is 1.06 bits per heavy atom. The standard InChI is InChI=1S/C27H38N4O5/c1-27(2,29)19-36-18-24(32)30(3)23(17-35-16-21-13-9-6-10-14-21)26(34)31(4)22(25(28)33)15-20-11-7-5-8-12-20/h5-14,22-23H,15-19,29H2,1-4H3,(H2,28,33)/p+2. The van der Waals surface area contributed by atoms with Crippen LogP contribution in [0.1, 0.15) is 25.0 Å². The highest BCUT2D eigenvalue weighted by molar-refractivity contribution is 5.85. The fourth-order valence-electron chi connectivity index (χ4n) is 3.60. The van der Waals surface area contributed by atoms with Crippen molar-refractivity contribution in [1.82, 2.24) is 4.90 Å². The monoisotopic (exact) mass is 500 g/mol. The van der Waals surface area contributed by atoms with E-state index < -0.39 is 17.6 Å². The normalized spacial score (nSPS) is 14.1. The van der Waals surface area contributed by atoms with Crippen molar-refractivity contribution in [3.8, 4) is 0 Å². The second-order valence-electron chi connectivity index (χ2n) is 9.64. The maximum atomic E-state index is 12.9. The average Bonchev–Trinajstić information content (AvgIpc) is 2.84. The molecular formula is C27H40N4O5+2. The van der Waals surface area contributed by atoms with Crippen molar-refractivity contribution in [3.05, 3.63) is 71.8 Å². The number of carbonyl (C=O) groups is 2. The summed E-state index contributed by atoms with van der Waals surface area (Å²) < 4.78 is 12.8. The van der Waals surface area contributed by atoms with Gasteiger partial charge in [0.05, 0.1) is 19.8 Å². The maximum Gasteiger partial charge on any atom is 0.377 e. The van der Waals surface area contributed by atoms with Crippen LogP contribution in [0, 0.1) is 0 Å². The zero-order valence-electron chi connectivity index (χ0n) is 21.7. The highest BCUT2D eigenvalue weighted by Crippen LogP contribution is 2.10. The molecule has 196 valence electrons. The molecule has 0 fully saturated rings. The van der Waals surface area contributed by atoms with Crippen LogP contribution < -0.4 is 11.5 Å². The molecule has 2 unspecified atom stereocenters. The minimum atomic E-state index is -0.849. The van der Waals surface area contributed by atoms with Gasteiger partial charge in [-0.05, 0) is 25.0 Å². The lowest BCUT2D eigenvalue weighted by molar-refractivity contribution is -0.546. The van der Waals surface area contributed by atoms with E-state index in [1.165, 1.54) is 9.48 Å². The van der Waals surface area contributed by atoms with Crippen LogP contribution in [-0.2, 0) is 32.1 Å². The molecule has 0 bridgehead atoms. The van der Waals surface area contributed by atoms with Crippen LogP contribution in [0.25, 0.3) is 0 Å². The SMILES string of the molecule is CN(C(=O)COCC(C)(C)N)C(COCc1ccccc1)C(O)=[N+](C)C(Cc1ccccc1)C([NH3+])=O. The zero-order chi connectivity index (χ0) is 26.7. The molecule has 0 spiro atoms. The molecule has 0 heterocycles. The number of hydrogen-bond acceptors (Lipinski definition) is 5. The van der Waals surface area contributed by atoms with Crippen LogP contribution >= 0.6 is 0 Å². The van der Waals surface area contributed by atoms with E-state index in [1.54, 1.807) is 27.9 Å². The van der Waals surface area contributed by atoms with E-state index in [2.05, 4.69) is 5.73 Å². The molecule has 2 rings (SSSR count). The van der Waals surface area contributed by atoms with Crippen molar-refractivity contribution < 1.29 is 34.5 Å². The molecule has 6 N–H and O–H groups in total. The summed E-state index contributed by atoms with van der Waals surface area (Å²) in [5.41, 5.74) is 10.8. The summed E-state index contributed by atoms with van der Waals surface area (Å²) in [6, 6.07) is 17.5. The van der Waals surface area contributed by atoms with Crippen molar-refractivity contribution >= 4 is 17.7 Å². The molecule has 0 radical (unpaired) electrons. The molecule has 0 aliphatic heterocycles. The van der Waals surface area contributed by atoms with Gasteiger partial charge >= 0.3 is 11.8 Å². The quantitative estimate of drug-likeness (QED) is 0.199. The van der Waals surface area contributed by atoms with Crippen LogP contribution in [0.3, 0.4) is 0 Å². The van der Waals surface area contributed by atoms with Gasteiger partial charge in [-0.15, -0.1) is 0 Å². The van der Waals surface area contributed by atoms with Gasteiger partial charge < -0.3 is 25.2 Å². The van der Waals surface area contributed by atoms with Gasteiger partial charge in [-0.3, -0.25) is 10.5 Å². The number of nitrogens with two attached hydrogens (primary N) is 1. The first-order valence-electron chi connectivity index (χ1n) is 11.9. The third-order valence-corrected chi connectivity index (χ3v) is 5.72. The molecule has 0 aliphatic carbocycles. The number of quaternary nitrogens is 1. The summed E-state index contributed by atoms with van der Waals surface area (Å²) in [5.74, 6) is -0.872. The topological polar surface area (TPSA) is 133 Å². The molecular weight excluding hydrogens is 460 g/mol. The number of aliphatic hydroxyl groups excluding tert-OH is 1. The fraction of sp³-hybridized carbons (Fsp3) is 0.444. The number of amides is 2. The van der Waals surface area contributed by atoms with E-state index in [9.17, 15) is 14.7 Å². The lowest BCUT2D eigenvalue weighted by atomic mass is 10.0. The predicted octanol–water partition coefficient (Wildman–Crippen LogP) is 0.763. The number of ether oxygens (including phenoxy) is 2. The number of hydrogen-bond donors (Lipinski definition) is 3. The van der Waals surface area contributed by atoms with Gasteiger partial charge in [0.1, 0.15) is 13.7 Å². The third-order valence-electron chi connectivity index (χ3n) is 5.72. The summed E-state index contributed by atoms with van der Waals surface area (Å²) in [6.45, 7) is 3.92. The molecule has 9 heteroatoms. The van der Waals surface area contributed by atoms with Crippen molar-refractivity contribution in [2.45, 2.75) is 44.5 Å². The Morgan fingerprint density at radius 2 is 1.61 bits per heavy atom. The Kier molecular flexibility index (Phi) is 11.2. The molecule has 2 amide bonds. The summed E-state index contributed by atoms with van der Waals surface area (Å²) in [4.78, 5) is 26.7. The van der Waals surface area contributed by atoms with Gasteiger partial charge in [-0.25, -0.2) is 4.79 Å². The van der Waals surface area contributed by atoms with Gasteiger partial charge in [0.15, 0.2) is 6.04 Å². The number of aliphatic hydroxyl groups is 1. The molecule has 0 saturated carbocycles. The summed E-state index contributed by atoms with van der Waals surface area (Å²) in [6.07, 6.45) is 0.355. The minimum Gasteiger partial charge on any atom is -0.462 e. The number of benzene rings is 2. The number of likely N-dealkylation sites (N-methyl/N-ethyl adjacent to an activating group) is 2. The Morgan fingerprint density at radius 3 is 2.14 bits per heavy atom. The van der Waals surface area contributed by atoms with Gasteiger partial charge in [0, 0.05) is 19.0 Å². The van der Waals surface area contributed by atoms with Gasteiger partial charge in [0.25, 0.3) is 6.04 Å². The Hall–Kier alpha value is -3.11. The Labute approximate surface area is 213 Å². The first kappa shape index (κ1) is 29.1. The minimum absolute atomic E-state index is 0.0130. The molecule has 2 aromatic carbocycles.